The number of aliphatic hydroxyl groups is 1. The van der Waals surface area contributed by atoms with Gasteiger partial charge in [-0.15, -0.1) is 0 Å². The van der Waals surface area contributed by atoms with Gasteiger partial charge in [0.2, 0.25) is 11.8 Å². The van der Waals surface area contributed by atoms with Gasteiger partial charge in [-0.25, -0.2) is 0 Å². The van der Waals surface area contributed by atoms with Crippen LogP contribution < -0.4 is 9.64 Å². The third kappa shape index (κ3) is 4.04. The fraction of sp³-hybridized carbons (Fsp3) is 0.412. The highest BCUT2D eigenvalue weighted by molar-refractivity contribution is 6.22. The first-order chi connectivity index (χ1) is 19.7. The van der Waals surface area contributed by atoms with Gasteiger partial charge < -0.3 is 9.84 Å². The standard InChI is InChI=1S/C34H35NO6/c1-4-20-9-11-21(12-10-20)35-32(39)24-14-13-22-25(29(24)33(35)40)18-26-27(37)17-19(2)31(38)34(26,3)30(22)23-7-5-6-8-28(23)41-16-15-36/h5-13,17,24-26,29-30,36H,4,14-16,18H2,1-3H3/t24-,25+,26-,29-,30+,34+/m0/s1. The van der Waals surface area contributed by atoms with Crippen LogP contribution in [0.3, 0.4) is 0 Å². The quantitative estimate of drug-likeness (QED) is 0.415. The van der Waals surface area contributed by atoms with Gasteiger partial charge in [0.25, 0.3) is 0 Å². The number of aliphatic hydroxyl groups excluding tert-OH is 1. The van der Waals surface area contributed by atoms with E-state index in [0.717, 1.165) is 23.1 Å². The molecule has 0 bridgehead atoms. The van der Waals surface area contributed by atoms with E-state index in [-0.39, 0.29) is 42.5 Å². The highest BCUT2D eigenvalue weighted by atomic mass is 16.5. The van der Waals surface area contributed by atoms with Crippen LogP contribution in [0.2, 0.25) is 0 Å². The van der Waals surface area contributed by atoms with Gasteiger partial charge in [0, 0.05) is 17.4 Å². The predicted molar refractivity (Wildman–Crippen MR) is 153 cm³/mol. The van der Waals surface area contributed by atoms with Crippen LogP contribution >= 0.6 is 0 Å². The average molecular weight is 554 g/mol. The Labute approximate surface area is 239 Å². The molecular formula is C34H35NO6. The van der Waals surface area contributed by atoms with Gasteiger partial charge in [-0.1, -0.05) is 55.8 Å². The summed E-state index contributed by atoms with van der Waals surface area (Å²) in [5, 5.41) is 9.45. The van der Waals surface area contributed by atoms with Gasteiger partial charge in [0.1, 0.15) is 12.4 Å². The summed E-state index contributed by atoms with van der Waals surface area (Å²) in [5.41, 5.74) is 2.71. The van der Waals surface area contributed by atoms with E-state index in [9.17, 15) is 24.3 Å². The van der Waals surface area contributed by atoms with E-state index in [0.29, 0.717) is 29.9 Å². The third-order valence-corrected chi connectivity index (χ3v) is 9.82. The summed E-state index contributed by atoms with van der Waals surface area (Å²) in [6.07, 6.45) is 5.06. The monoisotopic (exact) mass is 553 g/mol. The Kier molecular flexibility index (Phi) is 6.81. The van der Waals surface area contributed by atoms with E-state index < -0.39 is 29.1 Å². The molecule has 1 saturated heterocycles. The first kappa shape index (κ1) is 27.3. The smallest absolute Gasteiger partial charge is 0.238 e. The lowest BCUT2D eigenvalue weighted by atomic mass is 9.47. The number of ketones is 2. The molecule has 2 amide bonds. The van der Waals surface area contributed by atoms with Crippen LogP contribution in [0.4, 0.5) is 5.69 Å². The van der Waals surface area contributed by atoms with Crippen molar-refractivity contribution < 1.29 is 29.0 Å². The number of fused-ring (bicyclic) bond motifs is 4. The van der Waals surface area contributed by atoms with E-state index in [1.807, 2.05) is 61.5 Å². The van der Waals surface area contributed by atoms with Crippen molar-refractivity contribution in [2.45, 2.75) is 46.0 Å². The Morgan fingerprint density at radius 2 is 1.73 bits per heavy atom. The number of para-hydroxylation sites is 1. The third-order valence-electron chi connectivity index (χ3n) is 9.82. The summed E-state index contributed by atoms with van der Waals surface area (Å²) in [6.45, 7) is 5.52. The Balaban J connectivity index is 1.48. The van der Waals surface area contributed by atoms with E-state index in [4.69, 9.17) is 4.74 Å². The number of rotatable bonds is 6. The molecule has 3 aliphatic carbocycles. The first-order valence-electron chi connectivity index (χ1n) is 14.5. The largest absolute Gasteiger partial charge is 0.491 e. The van der Waals surface area contributed by atoms with E-state index in [2.05, 4.69) is 6.92 Å². The van der Waals surface area contributed by atoms with E-state index in [1.165, 1.54) is 11.0 Å². The van der Waals surface area contributed by atoms with Gasteiger partial charge in [-0.2, -0.15) is 0 Å². The minimum Gasteiger partial charge on any atom is -0.491 e. The molecule has 2 aromatic carbocycles. The van der Waals surface area contributed by atoms with Crippen LogP contribution in [0.1, 0.15) is 50.7 Å². The van der Waals surface area contributed by atoms with Crippen LogP contribution in [-0.4, -0.2) is 41.7 Å². The molecule has 4 aliphatic rings. The summed E-state index contributed by atoms with van der Waals surface area (Å²) < 4.78 is 5.93. The van der Waals surface area contributed by atoms with Crippen molar-refractivity contribution in [3.8, 4) is 5.75 Å². The zero-order valence-electron chi connectivity index (χ0n) is 23.6. The summed E-state index contributed by atoms with van der Waals surface area (Å²) in [6, 6.07) is 15.0. The Morgan fingerprint density at radius 1 is 1.00 bits per heavy atom. The summed E-state index contributed by atoms with van der Waals surface area (Å²) >= 11 is 0. The summed E-state index contributed by atoms with van der Waals surface area (Å²) in [5.74, 6) is -2.78. The maximum absolute atomic E-state index is 14.1. The zero-order chi connectivity index (χ0) is 29.1. The molecule has 0 radical (unpaired) electrons. The van der Waals surface area contributed by atoms with Crippen molar-refractivity contribution >= 4 is 29.1 Å². The minimum absolute atomic E-state index is 0.0849. The van der Waals surface area contributed by atoms with Crippen molar-refractivity contribution in [3.05, 3.63) is 83.0 Å². The number of benzene rings is 2. The molecule has 1 heterocycles. The molecule has 7 heteroatoms. The van der Waals surface area contributed by atoms with Crippen LogP contribution in [-0.2, 0) is 25.6 Å². The number of aryl methyl sites for hydroxylation is 1. The molecule has 1 aliphatic heterocycles. The highest BCUT2D eigenvalue weighted by Gasteiger charge is 2.63. The Hall–Kier alpha value is -3.84. The fourth-order valence-corrected chi connectivity index (χ4v) is 7.88. The van der Waals surface area contributed by atoms with Crippen LogP contribution in [0.5, 0.6) is 5.75 Å². The minimum atomic E-state index is -1.08. The topological polar surface area (TPSA) is 101 Å². The number of amides is 2. The number of nitrogens with zero attached hydrogens (tertiary/aromatic N) is 1. The number of anilines is 1. The van der Waals surface area contributed by atoms with Crippen LogP contribution in [0, 0.1) is 29.1 Å². The number of hydrogen-bond acceptors (Lipinski definition) is 6. The Morgan fingerprint density at radius 3 is 2.44 bits per heavy atom. The summed E-state index contributed by atoms with van der Waals surface area (Å²) in [7, 11) is 0. The van der Waals surface area contributed by atoms with Crippen LogP contribution in [0.15, 0.2) is 71.8 Å². The second kappa shape index (κ2) is 10.2. The zero-order valence-corrected chi connectivity index (χ0v) is 23.6. The van der Waals surface area contributed by atoms with Crippen molar-refractivity contribution in [2.75, 3.05) is 18.1 Å². The molecule has 41 heavy (non-hydrogen) atoms. The maximum atomic E-state index is 14.1. The molecule has 6 atom stereocenters. The van der Waals surface area contributed by atoms with Crippen molar-refractivity contribution in [1.82, 2.24) is 0 Å². The molecule has 1 N–H and O–H groups in total. The molecule has 1 saturated carbocycles. The number of carbonyl (C=O) groups is 4. The molecule has 2 aromatic rings. The lowest BCUT2D eigenvalue weighted by molar-refractivity contribution is -0.141. The van der Waals surface area contributed by atoms with E-state index in [1.54, 1.807) is 6.92 Å². The molecule has 6 rings (SSSR count). The summed E-state index contributed by atoms with van der Waals surface area (Å²) in [4.78, 5) is 56.7. The maximum Gasteiger partial charge on any atom is 0.238 e. The van der Waals surface area contributed by atoms with Gasteiger partial charge in [-0.3, -0.25) is 24.1 Å². The number of carbonyl (C=O) groups excluding carboxylic acids is 4. The van der Waals surface area contributed by atoms with Gasteiger partial charge >= 0.3 is 0 Å². The SMILES string of the molecule is CCc1ccc(N2C(=O)[C@H]3[C@H](CC=C4[C@H]3C[C@H]3C(=O)C=C(C)C(=O)[C@@]3(C)[C@H]4c3ccccc3OCCO)C2=O)cc1. The predicted octanol–water partition coefficient (Wildman–Crippen LogP) is 4.58. The highest BCUT2D eigenvalue weighted by Crippen LogP contribution is 2.63. The molecule has 2 fully saturated rings. The lowest BCUT2D eigenvalue weighted by Gasteiger charge is -2.53. The van der Waals surface area contributed by atoms with Gasteiger partial charge in [0.15, 0.2) is 11.6 Å². The molecule has 0 aromatic heterocycles. The lowest BCUT2D eigenvalue weighted by Crippen LogP contribution is -2.54. The number of ether oxygens (including phenoxy) is 1. The fourth-order valence-electron chi connectivity index (χ4n) is 7.88. The van der Waals surface area contributed by atoms with Gasteiger partial charge in [-0.05, 0) is 67.5 Å². The number of hydrogen-bond donors (Lipinski definition) is 1. The number of allylic oxidation sites excluding steroid dienone is 4. The van der Waals surface area contributed by atoms with Crippen molar-refractivity contribution in [2.24, 2.45) is 29.1 Å². The Bertz CT molecular complexity index is 1500. The average Bonchev–Trinajstić information content (AvgIpc) is 3.24. The van der Waals surface area contributed by atoms with Crippen LogP contribution in [0.25, 0.3) is 0 Å². The number of imide groups is 1. The molecule has 0 spiro atoms. The molecule has 212 valence electrons. The number of Topliss-reactive ketones (excluding diaryl/α,β-unsaturated/α-hetero) is 1. The molecule has 0 unspecified atom stereocenters. The van der Waals surface area contributed by atoms with Gasteiger partial charge in [0.05, 0.1) is 29.5 Å². The van der Waals surface area contributed by atoms with Crippen molar-refractivity contribution in [1.29, 1.82) is 0 Å². The molecular weight excluding hydrogens is 518 g/mol. The second-order valence-electron chi connectivity index (χ2n) is 11.9. The molecule has 7 nitrogen and oxygen atoms in total. The first-order valence-corrected chi connectivity index (χ1v) is 14.5. The van der Waals surface area contributed by atoms with Crippen molar-refractivity contribution in [3.63, 3.8) is 0 Å². The normalized spacial score (nSPS) is 30.8. The second-order valence-corrected chi connectivity index (χ2v) is 11.9. The van der Waals surface area contributed by atoms with E-state index >= 15 is 0 Å².